The predicted octanol–water partition coefficient (Wildman–Crippen LogP) is 4.15. The van der Waals surface area contributed by atoms with Crippen LogP contribution in [-0.4, -0.2) is 27.3 Å². The highest BCUT2D eigenvalue weighted by Gasteiger charge is 2.51. The van der Waals surface area contributed by atoms with Gasteiger partial charge in [-0.2, -0.15) is 0 Å². The standard InChI is InChI=1S/C22H18Cl2N4O3/c23-16-3-6-19(18(24)9-16)31-17-4-1-14(2-5-17)10-27-21(30)22(7-8-22)28-20(29)15-11-25-13-26-12-15/h1-6,9,11-13H,7-8,10H2,(H,27,30)(H,28,29). The lowest BCUT2D eigenvalue weighted by Crippen LogP contribution is -2.48. The van der Waals surface area contributed by atoms with Crippen LogP contribution in [0, 0.1) is 0 Å². The molecule has 158 valence electrons. The molecule has 2 aromatic carbocycles. The maximum absolute atomic E-state index is 12.6. The number of amides is 2. The van der Waals surface area contributed by atoms with E-state index < -0.39 is 5.54 Å². The van der Waals surface area contributed by atoms with E-state index in [4.69, 9.17) is 27.9 Å². The molecular formula is C22H18Cl2N4O3. The van der Waals surface area contributed by atoms with E-state index in [2.05, 4.69) is 20.6 Å². The van der Waals surface area contributed by atoms with Gasteiger partial charge in [-0.25, -0.2) is 9.97 Å². The van der Waals surface area contributed by atoms with Gasteiger partial charge >= 0.3 is 0 Å². The van der Waals surface area contributed by atoms with Crippen LogP contribution in [0.15, 0.2) is 61.2 Å². The van der Waals surface area contributed by atoms with Gasteiger partial charge in [0.25, 0.3) is 5.91 Å². The smallest absolute Gasteiger partial charge is 0.255 e. The first-order valence-corrected chi connectivity index (χ1v) is 10.3. The zero-order chi connectivity index (χ0) is 21.8. The zero-order valence-electron chi connectivity index (χ0n) is 16.3. The molecule has 0 aliphatic heterocycles. The summed E-state index contributed by atoms with van der Waals surface area (Å²) < 4.78 is 5.76. The highest BCUT2D eigenvalue weighted by molar-refractivity contribution is 6.35. The molecule has 0 bridgehead atoms. The van der Waals surface area contributed by atoms with Crippen molar-refractivity contribution < 1.29 is 14.3 Å². The second kappa shape index (κ2) is 8.91. The molecule has 4 rings (SSSR count). The fourth-order valence-electron chi connectivity index (χ4n) is 2.95. The number of nitrogens with one attached hydrogen (secondary N) is 2. The summed E-state index contributed by atoms with van der Waals surface area (Å²) in [4.78, 5) is 32.6. The lowest BCUT2D eigenvalue weighted by molar-refractivity contribution is -0.124. The maximum atomic E-state index is 12.6. The zero-order valence-corrected chi connectivity index (χ0v) is 17.8. The quantitative estimate of drug-likeness (QED) is 0.556. The van der Waals surface area contributed by atoms with E-state index in [0.717, 1.165) is 5.56 Å². The third-order valence-electron chi connectivity index (χ3n) is 4.86. The van der Waals surface area contributed by atoms with Gasteiger partial charge in [0.1, 0.15) is 23.4 Å². The molecule has 2 amide bonds. The van der Waals surface area contributed by atoms with Crippen molar-refractivity contribution in [2.45, 2.75) is 24.9 Å². The minimum absolute atomic E-state index is 0.217. The monoisotopic (exact) mass is 456 g/mol. The number of benzene rings is 2. The first-order chi connectivity index (χ1) is 14.9. The molecule has 1 aliphatic rings. The van der Waals surface area contributed by atoms with Crippen molar-refractivity contribution >= 4 is 35.0 Å². The summed E-state index contributed by atoms with van der Waals surface area (Å²) in [6, 6.07) is 12.3. The maximum Gasteiger partial charge on any atom is 0.255 e. The molecule has 0 radical (unpaired) electrons. The van der Waals surface area contributed by atoms with Crippen molar-refractivity contribution in [1.82, 2.24) is 20.6 Å². The molecule has 1 aromatic heterocycles. The van der Waals surface area contributed by atoms with Crippen molar-refractivity contribution in [3.63, 3.8) is 0 Å². The molecule has 2 N–H and O–H groups in total. The van der Waals surface area contributed by atoms with Crippen LogP contribution in [0.5, 0.6) is 11.5 Å². The molecule has 0 atom stereocenters. The molecule has 1 aliphatic carbocycles. The molecule has 7 nitrogen and oxygen atoms in total. The average molecular weight is 457 g/mol. The number of carbonyl (C=O) groups excluding carboxylic acids is 2. The molecule has 9 heteroatoms. The van der Waals surface area contributed by atoms with Gasteiger partial charge in [-0.15, -0.1) is 0 Å². The topological polar surface area (TPSA) is 93.2 Å². The number of nitrogens with zero attached hydrogens (tertiary/aromatic N) is 2. The van der Waals surface area contributed by atoms with Crippen LogP contribution in [0.3, 0.4) is 0 Å². The van der Waals surface area contributed by atoms with Gasteiger partial charge < -0.3 is 15.4 Å². The molecule has 1 heterocycles. The summed E-state index contributed by atoms with van der Waals surface area (Å²) in [6.07, 6.45) is 5.35. The molecule has 0 spiro atoms. The van der Waals surface area contributed by atoms with Gasteiger partial charge in [0, 0.05) is 24.0 Å². The second-order valence-corrected chi connectivity index (χ2v) is 8.01. The normalized spacial score (nSPS) is 13.9. The fraction of sp³-hybridized carbons (Fsp3) is 0.182. The summed E-state index contributed by atoms with van der Waals surface area (Å²) in [5, 5.41) is 6.63. The van der Waals surface area contributed by atoms with Crippen LogP contribution in [0.4, 0.5) is 0 Å². The van der Waals surface area contributed by atoms with Gasteiger partial charge in [0.15, 0.2) is 0 Å². The number of aromatic nitrogens is 2. The van der Waals surface area contributed by atoms with E-state index in [1.807, 2.05) is 12.1 Å². The highest BCUT2D eigenvalue weighted by atomic mass is 35.5. The Bertz CT molecular complexity index is 1100. The predicted molar refractivity (Wildman–Crippen MR) is 116 cm³/mol. The Morgan fingerprint density at radius 2 is 1.74 bits per heavy atom. The van der Waals surface area contributed by atoms with Crippen LogP contribution in [0.1, 0.15) is 28.8 Å². The van der Waals surface area contributed by atoms with Gasteiger partial charge in [-0.3, -0.25) is 9.59 Å². The Labute approximate surface area is 188 Å². The fourth-order valence-corrected chi connectivity index (χ4v) is 3.40. The van der Waals surface area contributed by atoms with Crippen LogP contribution >= 0.6 is 23.2 Å². The van der Waals surface area contributed by atoms with E-state index in [1.54, 1.807) is 30.3 Å². The lowest BCUT2D eigenvalue weighted by atomic mass is 10.2. The Hall–Kier alpha value is -3.16. The van der Waals surface area contributed by atoms with Gasteiger partial charge in [-0.1, -0.05) is 35.3 Å². The third-order valence-corrected chi connectivity index (χ3v) is 5.39. The van der Waals surface area contributed by atoms with Crippen molar-refractivity contribution in [3.8, 4) is 11.5 Å². The SMILES string of the molecule is O=C(NC1(C(=O)NCc2ccc(Oc3ccc(Cl)cc3Cl)cc2)CC1)c1cncnc1. The Morgan fingerprint density at radius 1 is 1.03 bits per heavy atom. The van der Waals surface area contributed by atoms with Gasteiger partial charge in [0.05, 0.1) is 10.6 Å². The molecule has 1 saturated carbocycles. The van der Waals surface area contributed by atoms with Crippen LogP contribution in [0.2, 0.25) is 10.0 Å². The first kappa shape index (κ1) is 21.1. The van der Waals surface area contributed by atoms with Gasteiger partial charge in [-0.05, 0) is 48.7 Å². The molecule has 0 unspecified atom stereocenters. The Balaban J connectivity index is 1.31. The summed E-state index contributed by atoms with van der Waals surface area (Å²) in [5.41, 5.74) is 0.334. The first-order valence-electron chi connectivity index (χ1n) is 9.53. The number of ether oxygens (including phenoxy) is 1. The van der Waals surface area contributed by atoms with E-state index in [9.17, 15) is 9.59 Å². The number of hydrogen-bond donors (Lipinski definition) is 2. The summed E-state index contributed by atoms with van der Waals surface area (Å²) in [6.45, 7) is 0.326. The minimum Gasteiger partial charge on any atom is -0.456 e. The van der Waals surface area contributed by atoms with Crippen LogP contribution < -0.4 is 15.4 Å². The van der Waals surface area contributed by atoms with E-state index in [1.165, 1.54) is 18.7 Å². The van der Waals surface area contributed by atoms with Crippen LogP contribution in [-0.2, 0) is 11.3 Å². The van der Waals surface area contributed by atoms with E-state index in [-0.39, 0.29) is 11.8 Å². The molecule has 31 heavy (non-hydrogen) atoms. The van der Waals surface area contributed by atoms with Crippen molar-refractivity contribution in [2.24, 2.45) is 0 Å². The number of rotatable bonds is 7. The summed E-state index contributed by atoms with van der Waals surface area (Å²) >= 11 is 12.0. The average Bonchev–Trinajstić information content (AvgIpc) is 3.56. The number of carbonyl (C=O) groups is 2. The van der Waals surface area contributed by atoms with E-state index in [0.29, 0.717) is 46.5 Å². The Kier molecular flexibility index (Phi) is 6.06. The third kappa shape index (κ3) is 5.13. The lowest BCUT2D eigenvalue weighted by Gasteiger charge is -2.17. The van der Waals surface area contributed by atoms with Crippen molar-refractivity contribution in [1.29, 1.82) is 0 Å². The van der Waals surface area contributed by atoms with Crippen molar-refractivity contribution in [3.05, 3.63) is 82.4 Å². The minimum atomic E-state index is -0.874. The van der Waals surface area contributed by atoms with Crippen molar-refractivity contribution in [2.75, 3.05) is 0 Å². The molecule has 1 fully saturated rings. The van der Waals surface area contributed by atoms with Gasteiger partial charge in [0.2, 0.25) is 5.91 Å². The molecular weight excluding hydrogens is 439 g/mol. The molecule has 3 aromatic rings. The number of halogens is 2. The summed E-state index contributed by atoms with van der Waals surface area (Å²) in [7, 11) is 0. The largest absolute Gasteiger partial charge is 0.456 e. The van der Waals surface area contributed by atoms with E-state index >= 15 is 0 Å². The Morgan fingerprint density at radius 3 is 2.39 bits per heavy atom. The molecule has 0 saturated heterocycles. The van der Waals surface area contributed by atoms with Crippen LogP contribution in [0.25, 0.3) is 0 Å². The second-order valence-electron chi connectivity index (χ2n) is 7.17. The summed E-state index contributed by atoms with van der Waals surface area (Å²) in [5.74, 6) is 0.527. The number of hydrogen-bond acceptors (Lipinski definition) is 5. The highest BCUT2D eigenvalue weighted by Crippen LogP contribution is 2.36.